The van der Waals surface area contributed by atoms with E-state index in [0.717, 1.165) is 0 Å². The average Bonchev–Trinajstić information content (AvgIpc) is 2.83. The van der Waals surface area contributed by atoms with Gasteiger partial charge in [0.2, 0.25) is 0 Å². The molecule has 0 unspecified atom stereocenters. The minimum Gasteiger partial charge on any atom is -0.384 e. The van der Waals surface area contributed by atoms with Gasteiger partial charge >= 0.3 is 0 Å². The predicted molar refractivity (Wildman–Crippen MR) is 71.7 cm³/mol. The van der Waals surface area contributed by atoms with Crippen LogP contribution in [-0.4, -0.2) is 20.4 Å². The number of nitrogens with two attached hydrogens (primary N) is 2. The number of nitrogens with zero attached hydrogens (tertiary/aromatic N) is 3. The second kappa shape index (κ2) is 4.09. The van der Waals surface area contributed by atoms with Gasteiger partial charge in [0.1, 0.15) is 11.6 Å². The van der Waals surface area contributed by atoms with Gasteiger partial charge in [0.15, 0.2) is 11.4 Å². The number of hydrogen-bond donors (Lipinski definition) is 2. The Morgan fingerprint density at radius 1 is 1.16 bits per heavy atom. The fraction of sp³-hybridized carbons (Fsp3) is 0. The Bertz CT molecular complexity index is 763. The van der Waals surface area contributed by atoms with Crippen LogP contribution in [0, 0.1) is 0 Å². The van der Waals surface area contributed by atoms with Crippen LogP contribution in [0.2, 0.25) is 0 Å². The Balaban J connectivity index is 2.19. The van der Waals surface area contributed by atoms with Gasteiger partial charge < -0.3 is 11.5 Å². The molecule has 2 aromatic heterocycles. The highest BCUT2D eigenvalue weighted by Gasteiger charge is 2.17. The number of ketones is 1. The summed E-state index contributed by atoms with van der Waals surface area (Å²) in [6, 6.07) is 10.4. The molecule has 1 aromatic carbocycles. The minimum atomic E-state index is -0.159. The molecule has 19 heavy (non-hydrogen) atoms. The van der Waals surface area contributed by atoms with Gasteiger partial charge in [-0.25, -0.2) is 4.98 Å². The lowest BCUT2D eigenvalue weighted by Gasteiger charge is -2.02. The summed E-state index contributed by atoms with van der Waals surface area (Å²) < 4.78 is 1.40. The second-order valence-corrected chi connectivity index (χ2v) is 4.09. The first-order chi connectivity index (χ1) is 9.16. The molecule has 6 heteroatoms. The third kappa shape index (κ3) is 1.79. The molecule has 0 atom stereocenters. The number of nitrogen functional groups attached to an aromatic ring is 2. The number of benzene rings is 1. The molecule has 0 fully saturated rings. The van der Waals surface area contributed by atoms with E-state index in [0.29, 0.717) is 22.6 Å². The molecule has 0 radical (unpaired) electrons. The molecule has 0 saturated heterocycles. The van der Waals surface area contributed by atoms with Crippen LogP contribution in [0.1, 0.15) is 15.9 Å². The van der Waals surface area contributed by atoms with Crippen molar-refractivity contribution in [3.05, 3.63) is 53.7 Å². The maximum atomic E-state index is 12.4. The van der Waals surface area contributed by atoms with Gasteiger partial charge in [0, 0.05) is 11.6 Å². The van der Waals surface area contributed by atoms with Gasteiger partial charge in [-0.1, -0.05) is 30.3 Å². The lowest BCUT2D eigenvalue weighted by Crippen LogP contribution is -2.05. The van der Waals surface area contributed by atoms with Crippen molar-refractivity contribution in [2.45, 2.75) is 0 Å². The maximum Gasteiger partial charge on any atom is 0.198 e. The highest BCUT2D eigenvalue weighted by atomic mass is 16.1. The summed E-state index contributed by atoms with van der Waals surface area (Å²) in [7, 11) is 0. The monoisotopic (exact) mass is 253 g/mol. The molecule has 0 saturated carbocycles. The maximum absolute atomic E-state index is 12.4. The zero-order valence-corrected chi connectivity index (χ0v) is 9.95. The van der Waals surface area contributed by atoms with Crippen molar-refractivity contribution in [1.29, 1.82) is 0 Å². The summed E-state index contributed by atoms with van der Waals surface area (Å²) in [6.45, 7) is 0. The molecule has 0 amide bonds. The molecule has 0 bridgehead atoms. The molecular weight excluding hydrogens is 242 g/mol. The van der Waals surface area contributed by atoms with Gasteiger partial charge in [-0.3, -0.25) is 4.79 Å². The van der Waals surface area contributed by atoms with Crippen molar-refractivity contribution < 1.29 is 4.79 Å². The van der Waals surface area contributed by atoms with Crippen LogP contribution in [0.4, 0.5) is 11.6 Å². The molecule has 3 aromatic rings. The predicted octanol–water partition coefficient (Wildman–Crippen LogP) is 1.12. The highest BCUT2D eigenvalue weighted by Crippen LogP contribution is 2.18. The van der Waals surface area contributed by atoms with Gasteiger partial charge in [-0.05, 0) is 0 Å². The topological polar surface area (TPSA) is 99.3 Å². The molecule has 0 spiro atoms. The van der Waals surface area contributed by atoms with Crippen molar-refractivity contribution >= 4 is 23.1 Å². The van der Waals surface area contributed by atoms with Crippen molar-refractivity contribution in [3.8, 4) is 0 Å². The van der Waals surface area contributed by atoms with Crippen LogP contribution in [0.15, 0.2) is 42.6 Å². The summed E-state index contributed by atoms with van der Waals surface area (Å²) in [6.07, 6.45) is 1.45. The molecule has 0 aliphatic rings. The van der Waals surface area contributed by atoms with E-state index in [-0.39, 0.29) is 11.6 Å². The van der Waals surface area contributed by atoms with E-state index in [1.165, 1.54) is 16.8 Å². The van der Waals surface area contributed by atoms with Gasteiger partial charge in [0.25, 0.3) is 0 Å². The number of aromatic nitrogens is 3. The fourth-order valence-electron chi connectivity index (χ4n) is 1.91. The van der Waals surface area contributed by atoms with E-state index in [9.17, 15) is 4.79 Å². The Morgan fingerprint density at radius 2 is 1.89 bits per heavy atom. The summed E-state index contributed by atoms with van der Waals surface area (Å²) in [4.78, 5) is 16.5. The SMILES string of the molecule is Nc1cc(N)n2ncc(C(=O)c3ccccc3)c2n1. The summed E-state index contributed by atoms with van der Waals surface area (Å²) in [5.74, 6) is 0.440. The standard InChI is InChI=1S/C13H11N5O/c14-10-6-11(15)18-13(17-10)9(7-16-18)12(19)8-4-2-1-3-5-8/h1-7H,15H2,(H2,14,17). The number of fused-ring (bicyclic) bond motifs is 1. The highest BCUT2D eigenvalue weighted by molar-refractivity contribution is 6.12. The second-order valence-electron chi connectivity index (χ2n) is 4.09. The summed E-state index contributed by atoms with van der Waals surface area (Å²) >= 11 is 0. The Labute approximate surface area is 108 Å². The number of carbonyl (C=O) groups excluding carboxylic acids is 1. The molecule has 3 rings (SSSR count). The van der Waals surface area contributed by atoms with Crippen LogP contribution in [0.3, 0.4) is 0 Å². The Hall–Kier alpha value is -2.89. The zero-order chi connectivity index (χ0) is 13.4. The summed E-state index contributed by atoms with van der Waals surface area (Å²) in [5, 5.41) is 4.06. The Kier molecular flexibility index (Phi) is 2.42. The van der Waals surface area contributed by atoms with Crippen molar-refractivity contribution in [1.82, 2.24) is 14.6 Å². The molecule has 4 N–H and O–H groups in total. The van der Waals surface area contributed by atoms with Gasteiger partial charge in [-0.15, -0.1) is 0 Å². The normalized spacial score (nSPS) is 10.7. The van der Waals surface area contributed by atoms with E-state index in [1.54, 1.807) is 24.3 Å². The summed E-state index contributed by atoms with van der Waals surface area (Å²) in [5.41, 5.74) is 12.7. The lowest BCUT2D eigenvalue weighted by atomic mass is 10.1. The van der Waals surface area contributed by atoms with E-state index >= 15 is 0 Å². The quantitative estimate of drug-likeness (QED) is 0.667. The molecule has 94 valence electrons. The van der Waals surface area contributed by atoms with E-state index in [2.05, 4.69) is 10.1 Å². The third-order valence-electron chi connectivity index (χ3n) is 2.80. The van der Waals surface area contributed by atoms with Crippen LogP contribution in [0.25, 0.3) is 5.65 Å². The molecule has 2 heterocycles. The Morgan fingerprint density at radius 3 is 2.63 bits per heavy atom. The lowest BCUT2D eigenvalue weighted by molar-refractivity contribution is 0.104. The molecule has 0 aliphatic carbocycles. The van der Waals surface area contributed by atoms with Crippen LogP contribution >= 0.6 is 0 Å². The van der Waals surface area contributed by atoms with Crippen LogP contribution in [0.5, 0.6) is 0 Å². The van der Waals surface area contributed by atoms with Gasteiger partial charge in [0.05, 0.1) is 11.8 Å². The first-order valence-electron chi connectivity index (χ1n) is 5.66. The molecule has 0 aliphatic heterocycles. The molecular formula is C13H11N5O. The van der Waals surface area contributed by atoms with Crippen LogP contribution in [-0.2, 0) is 0 Å². The fourth-order valence-corrected chi connectivity index (χ4v) is 1.91. The number of carbonyl (C=O) groups is 1. The number of hydrogen-bond acceptors (Lipinski definition) is 5. The largest absolute Gasteiger partial charge is 0.384 e. The van der Waals surface area contributed by atoms with Crippen molar-refractivity contribution in [3.63, 3.8) is 0 Å². The van der Waals surface area contributed by atoms with E-state index < -0.39 is 0 Å². The number of rotatable bonds is 2. The van der Waals surface area contributed by atoms with Crippen LogP contribution < -0.4 is 11.5 Å². The smallest absolute Gasteiger partial charge is 0.198 e. The zero-order valence-electron chi connectivity index (χ0n) is 9.95. The number of anilines is 2. The van der Waals surface area contributed by atoms with Gasteiger partial charge in [-0.2, -0.15) is 9.61 Å². The third-order valence-corrected chi connectivity index (χ3v) is 2.80. The van der Waals surface area contributed by atoms with E-state index in [1.807, 2.05) is 6.07 Å². The first-order valence-corrected chi connectivity index (χ1v) is 5.66. The molecule has 6 nitrogen and oxygen atoms in total. The first kappa shape index (κ1) is 11.2. The van der Waals surface area contributed by atoms with Crippen molar-refractivity contribution in [2.24, 2.45) is 0 Å². The average molecular weight is 253 g/mol. The van der Waals surface area contributed by atoms with Crippen molar-refractivity contribution in [2.75, 3.05) is 11.5 Å². The minimum absolute atomic E-state index is 0.159. The van der Waals surface area contributed by atoms with E-state index in [4.69, 9.17) is 11.5 Å².